The van der Waals surface area contributed by atoms with Gasteiger partial charge in [0.1, 0.15) is 11.9 Å². The number of aromatic nitrogens is 1. The average Bonchev–Trinajstić information content (AvgIpc) is 3.22. The maximum absolute atomic E-state index is 13.4. The molecule has 2 heterocycles. The van der Waals surface area contributed by atoms with Gasteiger partial charge in [-0.1, -0.05) is 65.9 Å². The van der Waals surface area contributed by atoms with Crippen LogP contribution in [0.1, 0.15) is 18.4 Å². The molecular formula is C26H23FN2O2S. The van der Waals surface area contributed by atoms with E-state index in [0.29, 0.717) is 24.7 Å². The van der Waals surface area contributed by atoms with Crippen molar-refractivity contribution in [1.29, 1.82) is 0 Å². The summed E-state index contributed by atoms with van der Waals surface area (Å²) >= 11 is 1.36. The van der Waals surface area contributed by atoms with Gasteiger partial charge in [0.25, 0.3) is 5.19 Å². The van der Waals surface area contributed by atoms with Gasteiger partial charge in [-0.25, -0.2) is 9.37 Å². The molecule has 0 spiro atoms. The van der Waals surface area contributed by atoms with Gasteiger partial charge in [0.2, 0.25) is 5.91 Å². The van der Waals surface area contributed by atoms with Crippen molar-refractivity contribution in [2.24, 2.45) is 0 Å². The Hall–Kier alpha value is -3.25. The number of carbonyl (C=O) groups excluding carboxylic acids is 1. The molecular weight excluding hydrogens is 423 g/mol. The Morgan fingerprint density at radius 2 is 1.72 bits per heavy atom. The van der Waals surface area contributed by atoms with Crippen LogP contribution in [0.15, 0.2) is 72.8 Å². The average molecular weight is 447 g/mol. The smallest absolute Gasteiger partial charge is 0.274 e. The molecule has 1 fully saturated rings. The van der Waals surface area contributed by atoms with Crippen LogP contribution in [0.4, 0.5) is 4.39 Å². The predicted octanol–water partition coefficient (Wildman–Crippen LogP) is 5.71. The standard InChI is InChI=1S/C26H23FN2O2S/c27-21-10-11-23-24(17-21)32-26(28-23)31-22-12-14-29(15-13-22)25(30)16-18-6-8-20(9-7-18)19-4-2-1-3-5-19/h1-11,17,22H,12-16H2. The summed E-state index contributed by atoms with van der Waals surface area (Å²) < 4.78 is 20.2. The summed E-state index contributed by atoms with van der Waals surface area (Å²) in [5.74, 6) is -0.124. The van der Waals surface area contributed by atoms with E-state index in [9.17, 15) is 9.18 Å². The van der Waals surface area contributed by atoms with Crippen molar-refractivity contribution < 1.29 is 13.9 Å². The molecule has 32 heavy (non-hydrogen) atoms. The normalized spacial score (nSPS) is 14.6. The van der Waals surface area contributed by atoms with Gasteiger partial charge in [0.05, 0.1) is 16.6 Å². The Bertz CT molecular complexity index is 1220. The summed E-state index contributed by atoms with van der Waals surface area (Å²) in [6.45, 7) is 1.34. The first-order chi connectivity index (χ1) is 15.6. The first-order valence-electron chi connectivity index (χ1n) is 10.8. The van der Waals surface area contributed by atoms with E-state index >= 15 is 0 Å². The lowest BCUT2D eigenvalue weighted by molar-refractivity contribution is -0.132. The molecule has 4 aromatic rings. The van der Waals surface area contributed by atoms with Crippen molar-refractivity contribution >= 4 is 27.5 Å². The lowest BCUT2D eigenvalue weighted by Crippen LogP contribution is -2.42. The second-order valence-corrected chi connectivity index (χ2v) is 9.02. The molecule has 0 radical (unpaired) electrons. The number of thiazole rings is 1. The minimum Gasteiger partial charge on any atom is -0.467 e. The van der Waals surface area contributed by atoms with Crippen LogP contribution in [0, 0.1) is 5.82 Å². The number of benzene rings is 3. The third-order valence-corrected chi connectivity index (χ3v) is 6.72. The van der Waals surface area contributed by atoms with Crippen LogP contribution in [0.2, 0.25) is 0 Å². The molecule has 0 atom stereocenters. The van der Waals surface area contributed by atoms with E-state index in [1.807, 2.05) is 35.2 Å². The fourth-order valence-electron chi connectivity index (χ4n) is 4.03. The molecule has 0 N–H and O–H groups in total. The van der Waals surface area contributed by atoms with Crippen LogP contribution in [0.3, 0.4) is 0 Å². The minimum atomic E-state index is -0.269. The van der Waals surface area contributed by atoms with Crippen molar-refractivity contribution in [3.63, 3.8) is 0 Å². The lowest BCUT2D eigenvalue weighted by Gasteiger charge is -2.31. The number of piperidine rings is 1. The van der Waals surface area contributed by atoms with E-state index in [1.165, 1.54) is 29.0 Å². The fourth-order valence-corrected chi connectivity index (χ4v) is 4.93. The van der Waals surface area contributed by atoms with Crippen LogP contribution in [-0.2, 0) is 11.2 Å². The SMILES string of the molecule is O=C(Cc1ccc(-c2ccccc2)cc1)N1CCC(Oc2nc3ccc(F)cc3s2)CC1. The quantitative estimate of drug-likeness (QED) is 0.394. The highest BCUT2D eigenvalue weighted by molar-refractivity contribution is 7.20. The number of amides is 1. The van der Waals surface area contributed by atoms with E-state index < -0.39 is 0 Å². The number of hydrogen-bond acceptors (Lipinski definition) is 4. The summed E-state index contributed by atoms with van der Waals surface area (Å²) in [4.78, 5) is 19.1. The number of ether oxygens (including phenoxy) is 1. The predicted molar refractivity (Wildman–Crippen MR) is 125 cm³/mol. The number of fused-ring (bicyclic) bond motifs is 1. The largest absolute Gasteiger partial charge is 0.467 e. The number of nitrogens with zero attached hydrogens (tertiary/aromatic N) is 2. The zero-order valence-corrected chi connectivity index (χ0v) is 18.4. The highest BCUT2D eigenvalue weighted by Crippen LogP contribution is 2.30. The Balaban J connectivity index is 1.14. The fraction of sp³-hybridized carbons (Fsp3) is 0.231. The molecule has 0 aliphatic carbocycles. The molecule has 4 nitrogen and oxygen atoms in total. The molecule has 6 heteroatoms. The second-order valence-electron chi connectivity index (χ2n) is 8.03. The van der Waals surface area contributed by atoms with Crippen molar-refractivity contribution in [2.45, 2.75) is 25.4 Å². The van der Waals surface area contributed by atoms with Gasteiger partial charge in [-0.05, 0) is 34.9 Å². The number of likely N-dealkylation sites (tertiary alicyclic amines) is 1. The molecule has 1 aliphatic rings. The molecule has 1 aromatic heterocycles. The topological polar surface area (TPSA) is 42.4 Å². The number of hydrogen-bond donors (Lipinski definition) is 0. The van der Waals surface area contributed by atoms with Crippen molar-refractivity contribution in [3.05, 3.63) is 84.2 Å². The van der Waals surface area contributed by atoms with E-state index in [4.69, 9.17) is 4.74 Å². The van der Waals surface area contributed by atoms with Crippen LogP contribution in [0.25, 0.3) is 21.3 Å². The molecule has 162 valence electrons. The molecule has 0 bridgehead atoms. The van der Waals surface area contributed by atoms with Crippen LogP contribution < -0.4 is 4.74 Å². The third-order valence-electron chi connectivity index (χ3n) is 5.81. The Kier molecular flexibility index (Phi) is 5.86. The highest BCUT2D eigenvalue weighted by atomic mass is 32.1. The summed E-state index contributed by atoms with van der Waals surface area (Å²) in [6.07, 6.45) is 1.96. The summed E-state index contributed by atoms with van der Waals surface area (Å²) in [5, 5.41) is 0.564. The van der Waals surface area contributed by atoms with Gasteiger partial charge in [-0.15, -0.1) is 0 Å². The van der Waals surface area contributed by atoms with E-state index in [1.54, 1.807) is 6.07 Å². The Labute approximate surface area is 190 Å². The lowest BCUT2D eigenvalue weighted by atomic mass is 10.0. The molecule has 3 aromatic carbocycles. The number of halogens is 1. The van der Waals surface area contributed by atoms with Crippen molar-refractivity contribution in [1.82, 2.24) is 9.88 Å². The zero-order chi connectivity index (χ0) is 21.9. The minimum absolute atomic E-state index is 0.0228. The van der Waals surface area contributed by atoms with Gasteiger partial charge in [-0.3, -0.25) is 4.79 Å². The van der Waals surface area contributed by atoms with E-state index in [0.717, 1.165) is 34.2 Å². The van der Waals surface area contributed by atoms with Crippen molar-refractivity contribution in [2.75, 3.05) is 13.1 Å². The van der Waals surface area contributed by atoms with Crippen molar-refractivity contribution in [3.8, 4) is 16.3 Å². The van der Waals surface area contributed by atoms with E-state index in [-0.39, 0.29) is 17.8 Å². The summed E-state index contributed by atoms with van der Waals surface area (Å²) in [7, 11) is 0. The number of carbonyl (C=O) groups is 1. The van der Waals surface area contributed by atoms with Crippen LogP contribution in [-0.4, -0.2) is 35.0 Å². The maximum Gasteiger partial charge on any atom is 0.274 e. The molecule has 1 aliphatic heterocycles. The molecule has 1 amide bonds. The zero-order valence-electron chi connectivity index (χ0n) is 17.5. The molecule has 0 unspecified atom stereocenters. The van der Waals surface area contributed by atoms with Crippen LogP contribution in [0.5, 0.6) is 5.19 Å². The van der Waals surface area contributed by atoms with Crippen LogP contribution >= 0.6 is 11.3 Å². The van der Waals surface area contributed by atoms with Gasteiger partial charge >= 0.3 is 0 Å². The van der Waals surface area contributed by atoms with Gasteiger partial charge in [0, 0.05) is 25.9 Å². The van der Waals surface area contributed by atoms with Gasteiger partial charge in [0.15, 0.2) is 0 Å². The van der Waals surface area contributed by atoms with Gasteiger partial charge in [-0.2, -0.15) is 0 Å². The third kappa shape index (κ3) is 4.65. The molecule has 5 rings (SSSR count). The summed E-state index contributed by atoms with van der Waals surface area (Å²) in [5.41, 5.74) is 4.09. The highest BCUT2D eigenvalue weighted by Gasteiger charge is 2.25. The Morgan fingerprint density at radius 1 is 1.00 bits per heavy atom. The van der Waals surface area contributed by atoms with Gasteiger partial charge < -0.3 is 9.64 Å². The molecule has 0 saturated carbocycles. The second kappa shape index (κ2) is 9.09. The first kappa shape index (κ1) is 20.6. The molecule has 1 saturated heterocycles. The van der Waals surface area contributed by atoms with E-state index in [2.05, 4.69) is 29.2 Å². The monoisotopic (exact) mass is 446 g/mol. The number of rotatable bonds is 5. The Morgan fingerprint density at radius 3 is 2.47 bits per heavy atom. The maximum atomic E-state index is 13.4. The summed E-state index contributed by atoms with van der Waals surface area (Å²) in [6, 6.07) is 23.0. The first-order valence-corrected chi connectivity index (χ1v) is 11.6.